The molecule has 12 nitrogen and oxygen atoms in total. The Morgan fingerprint density at radius 2 is 1.66 bits per heavy atom. The van der Waals surface area contributed by atoms with Gasteiger partial charge >= 0.3 is 12.2 Å². The average molecular weight is 676 g/mol. The normalized spacial score (nSPS) is 20.6. The number of pyridine rings is 1. The molecule has 3 aliphatic heterocycles. The SMILES string of the molecule is C[C@H]1CN(C)CCN1c1nc(-c2c(F)cccc2OC(=O)OC(C)(C)C)c(Cl)c2c1C(=O)N1CCN(C(=O)OC(C)(C)C)C[C@@H]1CO2. The summed E-state index contributed by atoms with van der Waals surface area (Å²) in [5.41, 5.74) is -1.60. The highest BCUT2D eigenvalue weighted by atomic mass is 35.5. The fourth-order valence-electron chi connectivity index (χ4n) is 5.95. The molecule has 0 bridgehead atoms. The van der Waals surface area contributed by atoms with E-state index in [1.54, 1.807) is 51.3 Å². The zero-order valence-electron chi connectivity index (χ0n) is 28.2. The number of ether oxygens (including phenoxy) is 4. The van der Waals surface area contributed by atoms with E-state index < -0.39 is 35.3 Å². The number of fused-ring (bicyclic) bond motifs is 2. The van der Waals surface area contributed by atoms with Crippen LogP contribution < -0.4 is 14.4 Å². The first kappa shape index (κ1) is 34.5. The van der Waals surface area contributed by atoms with Gasteiger partial charge in [-0.3, -0.25) is 4.79 Å². The highest BCUT2D eigenvalue weighted by Gasteiger charge is 2.42. The number of carbonyl (C=O) groups is 3. The molecular formula is C33H43ClFN5O7. The molecule has 2 amide bonds. The first-order valence-corrected chi connectivity index (χ1v) is 16.1. The lowest BCUT2D eigenvalue weighted by atomic mass is 10.0. The van der Waals surface area contributed by atoms with Gasteiger partial charge in [0.15, 0.2) is 5.75 Å². The fourth-order valence-corrected chi connectivity index (χ4v) is 6.23. The van der Waals surface area contributed by atoms with Crippen molar-refractivity contribution in [2.24, 2.45) is 0 Å². The first-order valence-electron chi connectivity index (χ1n) is 15.7. The molecule has 1 aromatic heterocycles. The molecule has 47 heavy (non-hydrogen) atoms. The summed E-state index contributed by atoms with van der Waals surface area (Å²) in [5.74, 6) is -0.925. The van der Waals surface area contributed by atoms with Gasteiger partial charge < -0.3 is 38.5 Å². The summed E-state index contributed by atoms with van der Waals surface area (Å²) < 4.78 is 38.4. The van der Waals surface area contributed by atoms with Gasteiger partial charge in [0, 0.05) is 45.3 Å². The Labute approximate surface area is 279 Å². The summed E-state index contributed by atoms with van der Waals surface area (Å²) in [7, 11) is 2.01. The first-order chi connectivity index (χ1) is 21.9. The minimum Gasteiger partial charge on any atom is -0.489 e. The number of piperazine rings is 2. The monoisotopic (exact) mass is 675 g/mol. The van der Waals surface area contributed by atoms with Crippen LogP contribution in [0.15, 0.2) is 18.2 Å². The van der Waals surface area contributed by atoms with Gasteiger partial charge in [-0.05, 0) is 67.6 Å². The number of aromatic nitrogens is 1. The molecule has 0 radical (unpaired) electrons. The third-order valence-corrected chi connectivity index (χ3v) is 8.35. The number of nitrogens with zero attached hydrogens (tertiary/aromatic N) is 5. The third-order valence-electron chi connectivity index (χ3n) is 8.00. The van der Waals surface area contributed by atoms with E-state index in [2.05, 4.69) is 4.90 Å². The van der Waals surface area contributed by atoms with E-state index in [0.29, 0.717) is 19.6 Å². The molecule has 0 saturated carbocycles. The number of hydrogen-bond donors (Lipinski definition) is 0. The molecule has 5 rings (SSSR count). The van der Waals surface area contributed by atoms with Crippen molar-refractivity contribution in [1.29, 1.82) is 0 Å². The standard InChI is InChI=1S/C33H43ClFN5O7/c1-19-16-37(8)12-14-39(19)28-24-27(44-18-20-17-38(13-15-40(20)29(24)41)30(42)46-32(2,3)4)25(34)26(36-28)23-21(35)10-9-11-22(23)45-31(43)47-33(5,6)7/h9-11,19-20H,12-18H2,1-8H3/t19-,20+/m0/s1. The van der Waals surface area contributed by atoms with Crippen LogP contribution in [0.2, 0.25) is 5.02 Å². The molecule has 2 aromatic rings. The van der Waals surface area contributed by atoms with E-state index in [0.717, 1.165) is 0 Å². The molecule has 0 spiro atoms. The molecule has 256 valence electrons. The molecule has 2 fully saturated rings. The van der Waals surface area contributed by atoms with Crippen molar-refractivity contribution in [2.75, 3.05) is 57.8 Å². The predicted molar refractivity (Wildman–Crippen MR) is 174 cm³/mol. The highest BCUT2D eigenvalue weighted by molar-refractivity contribution is 6.35. The summed E-state index contributed by atoms with van der Waals surface area (Å²) in [6.45, 7) is 15.1. The van der Waals surface area contributed by atoms with Gasteiger partial charge in [0.05, 0.1) is 11.6 Å². The van der Waals surface area contributed by atoms with Crippen molar-refractivity contribution >= 4 is 35.6 Å². The van der Waals surface area contributed by atoms with Crippen molar-refractivity contribution < 1.29 is 37.7 Å². The quantitative estimate of drug-likeness (QED) is 0.307. The van der Waals surface area contributed by atoms with Crippen molar-refractivity contribution in [3.05, 3.63) is 34.6 Å². The van der Waals surface area contributed by atoms with Crippen molar-refractivity contribution in [1.82, 2.24) is 19.7 Å². The van der Waals surface area contributed by atoms with Crippen LogP contribution in [0.25, 0.3) is 11.3 Å². The molecule has 0 unspecified atom stereocenters. The smallest absolute Gasteiger partial charge is 0.489 e. The van der Waals surface area contributed by atoms with Gasteiger partial charge in [-0.1, -0.05) is 17.7 Å². The largest absolute Gasteiger partial charge is 0.514 e. The second-order valence-electron chi connectivity index (χ2n) is 14.2. The highest BCUT2D eigenvalue weighted by Crippen LogP contribution is 2.46. The van der Waals surface area contributed by atoms with Crippen LogP contribution >= 0.6 is 11.6 Å². The zero-order chi connectivity index (χ0) is 34.4. The number of halogens is 2. The van der Waals surface area contributed by atoms with Crippen LogP contribution in [0.4, 0.5) is 19.8 Å². The Kier molecular flexibility index (Phi) is 9.53. The average Bonchev–Trinajstić information content (AvgIpc) is 3.09. The third kappa shape index (κ3) is 7.51. The Morgan fingerprint density at radius 3 is 2.32 bits per heavy atom. The lowest BCUT2D eigenvalue weighted by Gasteiger charge is -2.41. The van der Waals surface area contributed by atoms with E-state index in [-0.39, 0.29) is 77.4 Å². The number of anilines is 1. The fraction of sp³-hybridized carbons (Fsp3) is 0.576. The van der Waals surface area contributed by atoms with Crippen LogP contribution in [0.3, 0.4) is 0 Å². The number of amides is 2. The number of benzene rings is 1. The molecule has 14 heteroatoms. The summed E-state index contributed by atoms with van der Waals surface area (Å²) in [6.07, 6.45) is -1.50. The van der Waals surface area contributed by atoms with Gasteiger partial charge in [-0.15, -0.1) is 0 Å². The van der Waals surface area contributed by atoms with E-state index in [1.807, 2.05) is 18.9 Å². The summed E-state index contributed by atoms with van der Waals surface area (Å²) in [4.78, 5) is 52.3. The molecule has 2 atom stereocenters. The van der Waals surface area contributed by atoms with E-state index in [1.165, 1.54) is 18.2 Å². The van der Waals surface area contributed by atoms with Crippen molar-refractivity contribution in [2.45, 2.75) is 71.8 Å². The van der Waals surface area contributed by atoms with Gasteiger partial charge in [0.1, 0.15) is 51.5 Å². The molecule has 0 aliphatic carbocycles. The molecule has 3 aliphatic rings. The Hall–Kier alpha value is -3.84. The number of rotatable bonds is 3. The lowest BCUT2D eigenvalue weighted by Crippen LogP contribution is -2.58. The van der Waals surface area contributed by atoms with Gasteiger partial charge in [0.2, 0.25) is 0 Å². The summed E-state index contributed by atoms with van der Waals surface area (Å²) in [6, 6.07) is 3.44. The number of carbonyl (C=O) groups excluding carboxylic acids is 3. The topological polar surface area (TPSA) is 114 Å². The van der Waals surface area contributed by atoms with Crippen LogP contribution in [-0.4, -0.2) is 114 Å². The van der Waals surface area contributed by atoms with Crippen molar-refractivity contribution in [3.63, 3.8) is 0 Å². The van der Waals surface area contributed by atoms with E-state index in [9.17, 15) is 14.4 Å². The number of likely N-dealkylation sites (N-methyl/N-ethyl adjacent to an activating group) is 1. The summed E-state index contributed by atoms with van der Waals surface area (Å²) in [5, 5.41) is -0.109. The predicted octanol–water partition coefficient (Wildman–Crippen LogP) is 5.45. The maximum atomic E-state index is 15.8. The van der Waals surface area contributed by atoms with Gasteiger partial charge in [0.25, 0.3) is 5.91 Å². The molecule has 0 N–H and O–H groups in total. The maximum absolute atomic E-state index is 15.8. The molecular weight excluding hydrogens is 633 g/mol. The number of hydrogen-bond acceptors (Lipinski definition) is 10. The maximum Gasteiger partial charge on any atom is 0.514 e. The van der Waals surface area contributed by atoms with Crippen molar-refractivity contribution in [3.8, 4) is 22.8 Å². The second-order valence-corrected chi connectivity index (χ2v) is 14.6. The van der Waals surface area contributed by atoms with Crippen LogP contribution in [0.1, 0.15) is 58.8 Å². The van der Waals surface area contributed by atoms with E-state index in [4.69, 9.17) is 35.5 Å². The van der Waals surface area contributed by atoms with Crippen LogP contribution in [-0.2, 0) is 9.47 Å². The second kappa shape index (κ2) is 13.0. The van der Waals surface area contributed by atoms with Gasteiger partial charge in [-0.2, -0.15) is 0 Å². The Balaban J connectivity index is 1.60. The summed E-state index contributed by atoms with van der Waals surface area (Å²) >= 11 is 7.00. The van der Waals surface area contributed by atoms with Crippen LogP contribution in [0.5, 0.6) is 11.5 Å². The zero-order valence-corrected chi connectivity index (χ0v) is 28.9. The molecule has 4 heterocycles. The minimum absolute atomic E-state index is 0.0114. The molecule has 2 saturated heterocycles. The van der Waals surface area contributed by atoms with Crippen LogP contribution in [0, 0.1) is 5.82 Å². The lowest BCUT2D eigenvalue weighted by molar-refractivity contribution is 0.000933. The molecule has 1 aromatic carbocycles. The van der Waals surface area contributed by atoms with E-state index >= 15 is 4.39 Å². The Morgan fingerprint density at radius 1 is 0.979 bits per heavy atom. The minimum atomic E-state index is -1.03. The Bertz CT molecular complexity index is 1560. The van der Waals surface area contributed by atoms with Gasteiger partial charge in [-0.25, -0.2) is 19.0 Å².